The SMILES string of the molecule is Cc1cccc(C(=O)NC(C)C(=O)Nc2ccccc2)c1NC(=O)c1ccccc1F. The van der Waals surface area contributed by atoms with E-state index in [1.165, 1.54) is 24.3 Å². The molecule has 3 aromatic rings. The van der Waals surface area contributed by atoms with Crippen LogP contribution in [0.15, 0.2) is 72.8 Å². The molecule has 0 fully saturated rings. The summed E-state index contributed by atoms with van der Waals surface area (Å²) < 4.78 is 14.0. The first-order valence-electron chi connectivity index (χ1n) is 9.69. The maximum atomic E-state index is 14.0. The number of carbonyl (C=O) groups excluding carboxylic acids is 3. The van der Waals surface area contributed by atoms with Gasteiger partial charge in [-0.15, -0.1) is 0 Å². The average Bonchev–Trinajstić information content (AvgIpc) is 2.76. The number of carbonyl (C=O) groups is 3. The third-order valence-corrected chi connectivity index (χ3v) is 4.66. The van der Waals surface area contributed by atoms with E-state index in [9.17, 15) is 18.8 Å². The van der Waals surface area contributed by atoms with Gasteiger partial charge in [-0.1, -0.05) is 42.5 Å². The van der Waals surface area contributed by atoms with Crippen molar-refractivity contribution in [2.75, 3.05) is 10.6 Å². The highest BCUT2D eigenvalue weighted by atomic mass is 19.1. The number of para-hydroxylation sites is 2. The quantitative estimate of drug-likeness (QED) is 0.561. The predicted molar refractivity (Wildman–Crippen MR) is 118 cm³/mol. The Kier molecular flexibility index (Phi) is 6.77. The van der Waals surface area contributed by atoms with Gasteiger partial charge < -0.3 is 16.0 Å². The van der Waals surface area contributed by atoms with Gasteiger partial charge in [0.05, 0.1) is 16.8 Å². The molecule has 0 spiro atoms. The van der Waals surface area contributed by atoms with Crippen LogP contribution in [0.2, 0.25) is 0 Å². The number of benzene rings is 3. The van der Waals surface area contributed by atoms with Crippen molar-refractivity contribution in [1.82, 2.24) is 5.32 Å². The lowest BCUT2D eigenvalue weighted by molar-refractivity contribution is -0.117. The monoisotopic (exact) mass is 419 g/mol. The largest absolute Gasteiger partial charge is 0.340 e. The number of halogens is 1. The molecule has 31 heavy (non-hydrogen) atoms. The van der Waals surface area contributed by atoms with E-state index in [4.69, 9.17) is 0 Å². The molecule has 0 aromatic heterocycles. The van der Waals surface area contributed by atoms with E-state index in [1.807, 2.05) is 6.07 Å². The van der Waals surface area contributed by atoms with Gasteiger partial charge in [0.15, 0.2) is 0 Å². The second-order valence-corrected chi connectivity index (χ2v) is 6.98. The van der Waals surface area contributed by atoms with Crippen LogP contribution in [-0.4, -0.2) is 23.8 Å². The lowest BCUT2D eigenvalue weighted by Crippen LogP contribution is -2.41. The highest BCUT2D eigenvalue weighted by Gasteiger charge is 2.21. The Balaban J connectivity index is 1.75. The van der Waals surface area contributed by atoms with Gasteiger partial charge in [0.2, 0.25) is 5.91 Å². The van der Waals surface area contributed by atoms with Gasteiger partial charge in [0, 0.05) is 5.69 Å². The zero-order chi connectivity index (χ0) is 22.4. The molecule has 0 aliphatic heterocycles. The normalized spacial score (nSPS) is 11.3. The lowest BCUT2D eigenvalue weighted by Gasteiger charge is -2.17. The van der Waals surface area contributed by atoms with Crippen molar-refractivity contribution in [2.24, 2.45) is 0 Å². The Bertz CT molecular complexity index is 1120. The third kappa shape index (κ3) is 5.33. The van der Waals surface area contributed by atoms with Crippen LogP contribution in [0.5, 0.6) is 0 Å². The maximum Gasteiger partial charge on any atom is 0.258 e. The van der Waals surface area contributed by atoms with Gasteiger partial charge in [0.1, 0.15) is 11.9 Å². The number of anilines is 2. The van der Waals surface area contributed by atoms with Gasteiger partial charge in [-0.25, -0.2) is 4.39 Å². The summed E-state index contributed by atoms with van der Waals surface area (Å²) in [5, 5.41) is 7.97. The first-order valence-corrected chi connectivity index (χ1v) is 9.69. The zero-order valence-electron chi connectivity index (χ0n) is 17.1. The number of nitrogens with one attached hydrogen (secondary N) is 3. The maximum absolute atomic E-state index is 14.0. The van der Waals surface area contributed by atoms with Crippen LogP contribution in [-0.2, 0) is 4.79 Å². The van der Waals surface area contributed by atoms with Crippen LogP contribution >= 0.6 is 0 Å². The van der Waals surface area contributed by atoms with Crippen LogP contribution in [0.4, 0.5) is 15.8 Å². The van der Waals surface area contributed by atoms with Gasteiger partial charge >= 0.3 is 0 Å². The molecule has 0 saturated heterocycles. The molecule has 1 atom stereocenters. The van der Waals surface area contributed by atoms with Crippen molar-refractivity contribution in [2.45, 2.75) is 19.9 Å². The summed E-state index contributed by atoms with van der Waals surface area (Å²) in [5.41, 5.74) is 1.53. The second kappa shape index (κ2) is 9.67. The van der Waals surface area contributed by atoms with Gasteiger partial charge in [-0.05, 0) is 49.7 Å². The molecule has 158 valence electrons. The fourth-order valence-corrected chi connectivity index (χ4v) is 2.96. The summed E-state index contributed by atoms with van der Waals surface area (Å²) in [6, 6.07) is 18.6. The van der Waals surface area contributed by atoms with E-state index >= 15 is 0 Å². The molecule has 3 aromatic carbocycles. The van der Waals surface area contributed by atoms with Crippen molar-refractivity contribution in [3.8, 4) is 0 Å². The van der Waals surface area contributed by atoms with Crippen molar-refractivity contribution >= 4 is 29.1 Å². The summed E-state index contributed by atoms with van der Waals surface area (Å²) >= 11 is 0. The first-order chi connectivity index (χ1) is 14.9. The molecular weight excluding hydrogens is 397 g/mol. The van der Waals surface area contributed by atoms with E-state index < -0.39 is 23.7 Å². The van der Waals surface area contributed by atoms with Crippen LogP contribution in [0, 0.1) is 12.7 Å². The molecule has 0 aliphatic rings. The second-order valence-electron chi connectivity index (χ2n) is 6.98. The molecule has 7 heteroatoms. The van der Waals surface area contributed by atoms with E-state index in [2.05, 4.69) is 16.0 Å². The molecule has 6 nitrogen and oxygen atoms in total. The molecule has 3 amide bonds. The summed E-state index contributed by atoms with van der Waals surface area (Å²) in [7, 11) is 0. The summed E-state index contributed by atoms with van der Waals surface area (Å²) in [6.07, 6.45) is 0. The van der Waals surface area contributed by atoms with E-state index in [0.29, 0.717) is 11.3 Å². The van der Waals surface area contributed by atoms with Crippen molar-refractivity contribution in [3.05, 3.63) is 95.3 Å². The van der Waals surface area contributed by atoms with Crippen LogP contribution < -0.4 is 16.0 Å². The Morgan fingerprint density at radius 2 is 1.42 bits per heavy atom. The first kappa shape index (κ1) is 21.7. The molecule has 1 unspecified atom stereocenters. The highest BCUT2D eigenvalue weighted by Crippen LogP contribution is 2.22. The standard InChI is InChI=1S/C24H22FN3O3/c1-15-9-8-13-19(21(15)28-23(30)18-12-6-7-14-20(18)25)24(31)26-16(2)22(29)27-17-10-4-3-5-11-17/h3-14,16H,1-2H3,(H,26,31)(H,27,29)(H,28,30). The average molecular weight is 419 g/mol. The molecule has 0 aliphatic carbocycles. The zero-order valence-corrected chi connectivity index (χ0v) is 17.1. The lowest BCUT2D eigenvalue weighted by atomic mass is 10.1. The Morgan fingerprint density at radius 1 is 0.774 bits per heavy atom. The van der Waals surface area contributed by atoms with Crippen molar-refractivity contribution in [3.63, 3.8) is 0 Å². The summed E-state index contributed by atoms with van der Waals surface area (Å²) in [4.78, 5) is 37.8. The molecular formula is C24H22FN3O3. The number of rotatable bonds is 6. The fourth-order valence-electron chi connectivity index (χ4n) is 2.96. The number of hydrogen-bond acceptors (Lipinski definition) is 3. The summed E-state index contributed by atoms with van der Waals surface area (Å²) in [6.45, 7) is 3.28. The number of hydrogen-bond donors (Lipinski definition) is 3. The molecule has 3 rings (SSSR count). The Labute approximate surface area is 179 Å². The smallest absolute Gasteiger partial charge is 0.258 e. The molecule has 0 heterocycles. The van der Waals surface area contributed by atoms with E-state index in [-0.39, 0.29) is 22.7 Å². The number of amides is 3. The topological polar surface area (TPSA) is 87.3 Å². The van der Waals surface area contributed by atoms with E-state index in [0.717, 1.165) is 0 Å². The minimum atomic E-state index is -0.830. The number of aryl methyl sites for hydroxylation is 1. The van der Waals surface area contributed by atoms with Crippen LogP contribution in [0.3, 0.4) is 0 Å². The van der Waals surface area contributed by atoms with Crippen LogP contribution in [0.1, 0.15) is 33.2 Å². The molecule has 0 radical (unpaired) electrons. The minimum Gasteiger partial charge on any atom is -0.340 e. The molecule has 0 saturated carbocycles. The molecule has 0 bridgehead atoms. The fraction of sp³-hybridized carbons (Fsp3) is 0.125. The van der Waals surface area contributed by atoms with Gasteiger partial charge in [-0.2, -0.15) is 0 Å². The summed E-state index contributed by atoms with van der Waals surface area (Å²) in [5.74, 6) is -2.26. The highest BCUT2D eigenvalue weighted by molar-refractivity contribution is 6.10. The molecule has 3 N–H and O–H groups in total. The van der Waals surface area contributed by atoms with E-state index in [1.54, 1.807) is 56.3 Å². The van der Waals surface area contributed by atoms with Crippen LogP contribution in [0.25, 0.3) is 0 Å². The van der Waals surface area contributed by atoms with Gasteiger partial charge in [-0.3, -0.25) is 14.4 Å². The van der Waals surface area contributed by atoms with Crippen molar-refractivity contribution < 1.29 is 18.8 Å². The van der Waals surface area contributed by atoms with Gasteiger partial charge in [0.25, 0.3) is 11.8 Å². The Hall–Kier alpha value is -4.00. The Morgan fingerprint density at radius 3 is 2.13 bits per heavy atom. The van der Waals surface area contributed by atoms with Crippen molar-refractivity contribution in [1.29, 1.82) is 0 Å². The third-order valence-electron chi connectivity index (χ3n) is 4.66. The predicted octanol–water partition coefficient (Wildman–Crippen LogP) is 4.14. The minimum absolute atomic E-state index is 0.132.